The third-order valence-electron chi connectivity index (χ3n) is 1.76. The van der Waals surface area contributed by atoms with Crippen LogP contribution in [-0.4, -0.2) is 27.5 Å². The first-order valence-corrected chi connectivity index (χ1v) is 4.30. The highest BCUT2D eigenvalue weighted by Crippen LogP contribution is 2.34. The predicted octanol–water partition coefficient (Wildman–Crippen LogP) is 1.11. The first-order chi connectivity index (χ1) is 8.32. The Morgan fingerprint density at radius 1 is 1.33 bits per heavy atom. The van der Waals surface area contributed by atoms with Crippen LogP contribution in [0.3, 0.4) is 0 Å². The van der Waals surface area contributed by atoms with Crippen molar-refractivity contribution >= 4 is 17.3 Å². The van der Waals surface area contributed by atoms with Crippen LogP contribution in [0.2, 0.25) is 0 Å². The monoisotopic (exact) mass is 260 g/mol. The second-order valence-electron chi connectivity index (χ2n) is 2.97. The molecule has 1 rings (SSSR count). The molecule has 0 bridgehead atoms. The molecule has 18 heavy (non-hydrogen) atoms. The maximum atomic E-state index is 13.4. The van der Waals surface area contributed by atoms with E-state index in [1.54, 1.807) is 0 Å². The average molecular weight is 260 g/mol. The highest BCUT2D eigenvalue weighted by molar-refractivity contribution is 5.69. The smallest absolute Gasteiger partial charge is 0.341 e. The summed E-state index contributed by atoms with van der Waals surface area (Å²) in [6, 6.07) is 0.893. The van der Waals surface area contributed by atoms with E-state index in [-0.39, 0.29) is 0 Å². The molecule has 0 aliphatic heterocycles. The van der Waals surface area contributed by atoms with E-state index < -0.39 is 45.4 Å². The van der Waals surface area contributed by atoms with Gasteiger partial charge in [-0.15, -0.1) is 0 Å². The maximum Gasteiger partial charge on any atom is 0.341 e. The molecule has 0 aromatic heterocycles. The fraction of sp³-hybridized carbons (Fsp3) is 0.125. The van der Waals surface area contributed by atoms with Crippen molar-refractivity contribution in [2.24, 2.45) is 0 Å². The number of carboxylic acids is 1. The summed E-state index contributed by atoms with van der Waals surface area (Å²) in [6.07, 6.45) is 0. The minimum atomic E-state index is -1.47. The van der Waals surface area contributed by atoms with Crippen LogP contribution in [0.4, 0.5) is 15.8 Å². The highest BCUT2D eigenvalue weighted by atomic mass is 19.1. The van der Waals surface area contributed by atoms with Gasteiger partial charge in [0, 0.05) is 0 Å². The molecule has 0 saturated carbocycles. The zero-order valence-corrected chi connectivity index (χ0v) is 8.53. The van der Waals surface area contributed by atoms with Gasteiger partial charge in [0.15, 0.2) is 12.4 Å². The van der Waals surface area contributed by atoms with Crippen molar-refractivity contribution in [3.8, 4) is 5.75 Å². The molecule has 96 valence electrons. The van der Waals surface area contributed by atoms with Crippen molar-refractivity contribution in [2.45, 2.75) is 0 Å². The van der Waals surface area contributed by atoms with Gasteiger partial charge in [-0.05, 0) is 0 Å². The zero-order chi connectivity index (χ0) is 13.9. The molecule has 0 aliphatic rings. The molecule has 0 unspecified atom stereocenters. The van der Waals surface area contributed by atoms with Crippen molar-refractivity contribution in [3.05, 3.63) is 38.2 Å². The number of nitro groups is 2. The summed E-state index contributed by atoms with van der Waals surface area (Å²) < 4.78 is 17.7. The summed E-state index contributed by atoms with van der Waals surface area (Å²) in [7, 11) is 0. The van der Waals surface area contributed by atoms with E-state index in [1.165, 1.54) is 0 Å². The predicted molar refractivity (Wildman–Crippen MR) is 52.8 cm³/mol. The van der Waals surface area contributed by atoms with Crippen LogP contribution in [0.1, 0.15) is 0 Å². The lowest BCUT2D eigenvalue weighted by Gasteiger charge is -2.05. The van der Waals surface area contributed by atoms with Gasteiger partial charge < -0.3 is 9.84 Å². The van der Waals surface area contributed by atoms with Crippen LogP contribution in [-0.2, 0) is 4.79 Å². The fourth-order valence-corrected chi connectivity index (χ4v) is 1.08. The summed E-state index contributed by atoms with van der Waals surface area (Å²) in [6.45, 7) is -1.00. The molecule has 10 heteroatoms. The third kappa shape index (κ3) is 2.87. The van der Waals surface area contributed by atoms with Crippen LogP contribution in [0.25, 0.3) is 0 Å². The first-order valence-electron chi connectivity index (χ1n) is 4.30. The van der Waals surface area contributed by atoms with Crippen molar-refractivity contribution in [3.63, 3.8) is 0 Å². The normalized spacial score (nSPS) is 9.83. The Morgan fingerprint density at radius 3 is 2.39 bits per heavy atom. The molecule has 0 aliphatic carbocycles. The molecule has 0 radical (unpaired) electrons. The van der Waals surface area contributed by atoms with Crippen molar-refractivity contribution in [1.29, 1.82) is 0 Å². The lowest BCUT2D eigenvalue weighted by atomic mass is 10.2. The molecule has 1 N–H and O–H groups in total. The van der Waals surface area contributed by atoms with Crippen LogP contribution in [0.15, 0.2) is 12.1 Å². The van der Waals surface area contributed by atoms with E-state index in [2.05, 4.69) is 4.74 Å². The van der Waals surface area contributed by atoms with Crippen molar-refractivity contribution in [2.75, 3.05) is 6.61 Å². The Balaban J connectivity index is 3.27. The quantitative estimate of drug-likeness (QED) is 0.618. The molecule has 1 aromatic rings. The number of carbonyl (C=O) groups is 1. The molecule has 0 heterocycles. The Bertz CT molecular complexity index is 530. The minimum absolute atomic E-state index is 0.407. The molecule has 0 fully saturated rings. The van der Waals surface area contributed by atoms with Gasteiger partial charge in [0.05, 0.1) is 22.0 Å². The van der Waals surface area contributed by atoms with Gasteiger partial charge in [0.25, 0.3) is 5.69 Å². The number of non-ortho nitro benzene ring substituents is 1. The van der Waals surface area contributed by atoms with Gasteiger partial charge >= 0.3 is 11.7 Å². The topological polar surface area (TPSA) is 133 Å². The van der Waals surface area contributed by atoms with Gasteiger partial charge in [0.1, 0.15) is 0 Å². The number of hydrogen-bond donors (Lipinski definition) is 1. The number of rotatable bonds is 5. The van der Waals surface area contributed by atoms with Crippen molar-refractivity contribution in [1.82, 2.24) is 0 Å². The molecular weight excluding hydrogens is 255 g/mol. The number of benzene rings is 1. The highest BCUT2D eigenvalue weighted by Gasteiger charge is 2.26. The average Bonchev–Trinajstić information content (AvgIpc) is 2.25. The summed E-state index contributed by atoms with van der Waals surface area (Å²) in [5.74, 6) is -3.80. The van der Waals surface area contributed by atoms with Gasteiger partial charge in [-0.3, -0.25) is 20.2 Å². The Kier molecular flexibility index (Phi) is 3.72. The van der Waals surface area contributed by atoms with Crippen LogP contribution < -0.4 is 4.74 Å². The Labute approximate surface area is 97.7 Å². The molecule has 0 spiro atoms. The lowest BCUT2D eigenvalue weighted by molar-refractivity contribution is -0.395. The Morgan fingerprint density at radius 2 is 1.94 bits per heavy atom. The summed E-state index contributed by atoms with van der Waals surface area (Å²) in [5, 5.41) is 29.3. The Hall–Kier alpha value is -2.78. The van der Waals surface area contributed by atoms with Gasteiger partial charge in [-0.25, -0.2) is 9.18 Å². The van der Waals surface area contributed by atoms with Crippen LogP contribution >= 0.6 is 0 Å². The zero-order valence-electron chi connectivity index (χ0n) is 8.53. The standard InChI is InChI=1S/C8H5FN2O7/c9-5-1-4(10(14)15)2-6(11(16)17)8(5)18-3-7(12)13/h1-2H,3H2,(H,12,13). The number of nitrogens with zero attached hydrogens (tertiary/aromatic N) is 2. The molecule has 0 saturated heterocycles. The number of hydrogen-bond acceptors (Lipinski definition) is 6. The van der Waals surface area contributed by atoms with E-state index in [0.29, 0.717) is 12.1 Å². The second kappa shape index (κ2) is 5.03. The minimum Gasteiger partial charge on any atom is -0.479 e. The number of nitro benzene ring substituents is 2. The summed E-state index contributed by atoms with van der Waals surface area (Å²) in [5.41, 5.74) is -1.84. The number of carboxylic acid groups (broad SMARTS) is 1. The van der Waals surface area contributed by atoms with Gasteiger partial charge in [-0.1, -0.05) is 0 Å². The summed E-state index contributed by atoms with van der Waals surface area (Å²) >= 11 is 0. The fourth-order valence-electron chi connectivity index (χ4n) is 1.08. The van der Waals surface area contributed by atoms with Crippen LogP contribution in [0, 0.1) is 26.0 Å². The van der Waals surface area contributed by atoms with E-state index in [1.807, 2.05) is 0 Å². The maximum absolute atomic E-state index is 13.4. The number of aliphatic carboxylic acids is 1. The van der Waals surface area contributed by atoms with Gasteiger partial charge in [0.2, 0.25) is 5.75 Å². The van der Waals surface area contributed by atoms with E-state index >= 15 is 0 Å². The molecule has 1 aromatic carbocycles. The largest absolute Gasteiger partial charge is 0.479 e. The van der Waals surface area contributed by atoms with E-state index in [0.717, 1.165) is 0 Å². The second-order valence-corrected chi connectivity index (χ2v) is 2.97. The molecule has 0 atom stereocenters. The van der Waals surface area contributed by atoms with Gasteiger partial charge in [-0.2, -0.15) is 0 Å². The first kappa shape index (κ1) is 13.3. The number of ether oxygens (including phenoxy) is 1. The molecule has 0 amide bonds. The van der Waals surface area contributed by atoms with Crippen LogP contribution in [0.5, 0.6) is 5.75 Å². The SMILES string of the molecule is O=C(O)COc1c(F)cc([N+](=O)[O-])cc1[N+](=O)[O-]. The van der Waals surface area contributed by atoms with E-state index in [9.17, 15) is 29.4 Å². The molecular formula is C8H5FN2O7. The number of halogens is 1. The lowest BCUT2D eigenvalue weighted by Crippen LogP contribution is -2.11. The third-order valence-corrected chi connectivity index (χ3v) is 1.76. The summed E-state index contributed by atoms with van der Waals surface area (Å²) in [4.78, 5) is 29.1. The molecule has 9 nitrogen and oxygen atoms in total. The van der Waals surface area contributed by atoms with Crippen molar-refractivity contribution < 1.29 is 28.9 Å². The van der Waals surface area contributed by atoms with E-state index in [4.69, 9.17) is 5.11 Å².